The maximum absolute atomic E-state index is 12.7. The highest BCUT2D eigenvalue weighted by molar-refractivity contribution is 5.92. The first-order valence-corrected chi connectivity index (χ1v) is 12.2. The molecule has 182 valence electrons. The second-order valence-corrected chi connectivity index (χ2v) is 9.77. The fourth-order valence-electron chi connectivity index (χ4n) is 4.63. The third-order valence-electron chi connectivity index (χ3n) is 6.38. The first-order chi connectivity index (χ1) is 16.9. The maximum atomic E-state index is 12.7. The Labute approximate surface area is 205 Å². The molecule has 0 aliphatic carbocycles. The molecular weight excluding hydrogens is 440 g/mol. The summed E-state index contributed by atoms with van der Waals surface area (Å²) in [4.78, 5) is 19.4. The van der Waals surface area contributed by atoms with Crippen molar-refractivity contribution < 1.29 is 9.90 Å². The van der Waals surface area contributed by atoms with Crippen molar-refractivity contribution in [3.63, 3.8) is 0 Å². The number of fused-ring (bicyclic) bond motifs is 2. The zero-order valence-corrected chi connectivity index (χ0v) is 20.3. The van der Waals surface area contributed by atoms with Crippen LogP contribution in [0.15, 0.2) is 61.2 Å². The Morgan fingerprint density at radius 2 is 1.89 bits per heavy atom. The van der Waals surface area contributed by atoms with Crippen molar-refractivity contribution in [1.82, 2.24) is 29.4 Å². The van der Waals surface area contributed by atoms with Gasteiger partial charge >= 0.3 is 0 Å². The molecule has 2 N–H and O–H groups in total. The highest BCUT2D eigenvalue weighted by atomic mass is 16.3. The topological polar surface area (TPSA) is 87.7 Å². The molecule has 0 saturated carbocycles. The van der Waals surface area contributed by atoms with Crippen molar-refractivity contribution in [1.29, 1.82) is 0 Å². The average molecular weight is 473 g/mol. The molecule has 1 amide bonds. The molecule has 35 heavy (non-hydrogen) atoms. The molecule has 0 spiro atoms. The Morgan fingerprint density at radius 3 is 2.71 bits per heavy atom. The minimum Gasteiger partial charge on any atom is -0.390 e. The van der Waals surface area contributed by atoms with Crippen LogP contribution in [-0.2, 0) is 19.5 Å². The van der Waals surface area contributed by atoms with Crippen LogP contribution in [-0.4, -0.2) is 60.8 Å². The molecule has 5 rings (SSSR count). The summed E-state index contributed by atoms with van der Waals surface area (Å²) in [6.45, 7) is 7.64. The quantitative estimate of drug-likeness (QED) is 0.412. The number of hydrogen-bond acceptors (Lipinski definition) is 5. The number of β-amino-alcohol motifs (C(OH)–C–C–N with tert-alkyl or cyclic N) is 1. The zero-order valence-electron chi connectivity index (χ0n) is 20.3. The summed E-state index contributed by atoms with van der Waals surface area (Å²) in [7, 11) is 0. The number of hydrogen-bond donors (Lipinski definition) is 2. The first kappa shape index (κ1) is 23.3. The number of nitrogens with one attached hydrogen (secondary N) is 1. The predicted octanol–water partition coefficient (Wildman–Crippen LogP) is 3.00. The van der Waals surface area contributed by atoms with E-state index in [0.717, 1.165) is 37.2 Å². The summed E-state index contributed by atoms with van der Waals surface area (Å²) in [6.07, 6.45) is 7.91. The van der Waals surface area contributed by atoms with E-state index in [4.69, 9.17) is 0 Å². The van der Waals surface area contributed by atoms with Gasteiger partial charge in [-0.05, 0) is 35.6 Å². The number of aromatic nitrogens is 4. The van der Waals surface area contributed by atoms with Gasteiger partial charge < -0.3 is 14.8 Å². The Morgan fingerprint density at radius 1 is 1.06 bits per heavy atom. The van der Waals surface area contributed by atoms with Gasteiger partial charge in [0.05, 0.1) is 12.3 Å². The van der Waals surface area contributed by atoms with E-state index in [1.807, 2.05) is 39.8 Å². The molecule has 4 aromatic rings. The van der Waals surface area contributed by atoms with Gasteiger partial charge in [0.15, 0.2) is 0 Å². The zero-order chi connectivity index (χ0) is 24.4. The average Bonchev–Trinajstić information content (AvgIpc) is 3.48. The van der Waals surface area contributed by atoms with Gasteiger partial charge in [0.2, 0.25) is 0 Å². The molecule has 0 saturated heterocycles. The number of aliphatic hydroxyl groups excluding tert-OH is 1. The standard InChI is InChI=1S/C27H32N6O2/c1-19(2)13-33-16-23(11-29-33)22-7-8-26-30-25(18-32(26)15-22)27(35)28-12-24(34)17-31-10-9-20-5-3-4-6-21(20)14-31/h3-8,11,15-16,18-19,24,34H,9-10,12-14,17H2,1-2H3,(H,28,35)/t24-/m0/s1. The van der Waals surface area contributed by atoms with E-state index in [9.17, 15) is 9.90 Å². The number of carbonyl (C=O) groups is 1. The van der Waals surface area contributed by atoms with Gasteiger partial charge in [-0.3, -0.25) is 14.4 Å². The Balaban J connectivity index is 1.18. The molecule has 1 atom stereocenters. The van der Waals surface area contributed by atoms with Gasteiger partial charge in [-0.1, -0.05) is 38.1 Å². The van der Waals surface area contributed by atoms with Crippen LogP contribution in [0.25, 0.3) is 16.8 Å². The van der Waals surface area contributed by atoms with Crippen molar-refractivity contribution in [3.8, 4) is 11.1 Å². The molecule has 0 bridgehead atoms. The number of rotatable bonds is 8. The molecule has 4 heterocycles. The fraction of sp³-hybridized carbons (Fsp3) is 0.370. The monoisotopic (exact) mass is 472 g/mol. The lowest BCUT2D eigenvalue weighted by molar-refractivity contribution is 0.0838. The van der Waals surface area contributed by atoms with E-state index in [1.54, 1.807) is 6.20 Å². The molecule has 1 aliphatic heterocycles. The van der Waals surface area contributed by atoms with Gasteiger partial charge in [0, 0.05) is 62.4 Å². The first-order valence-electron chi connectivity index (χ1n) is 12.2. The lowest BCUT2D eigenvalue weighted by Gasteiger charge is -2.30. The smallest absolute Gasteiger partial charge is 0.271 e. The van der Waals surface area contributed by atoms with Crippen LogP contribution in [0.1, 0.15) is 35.5 Å². The number of imidazole rings is 1. The van der Waals surface area contributed by atoms with Gasteiger partial charge in [-0.15, -0.1) is 0 Å². The van der Waals surface area contributed by atoms with E-state index >= 15 is 0 Å². The number of benzene rings is 1. The molecule has 8 nitrogen and oxygen atoms in total. The molecule has 0 unspecified atom stereocenters. The van der Waals surface area contributed by atoms with Crippen molar-refractivity contribution >= 4 is 11.6 Å². The highest BCUT2D eigenvalue weighted by Gasteiger charge is 2.19. The molecule has 1 aliphatic rings. The minimum atomic E-state index is -0.643. The second-order valence-electron chi connectivity index (χ2n) is 9.77. The molecular formula is C27H32N6O2. The lowest BCUT2D eigenvalue weighted by Crippen LogP contribution is -2.42. The molecule has 1 aromatic carbocycles. The van der Waals surface area contributed by atoms with Crippen molar-refractivity contribution in [2.75, 3.05) is 19.6 Å². The van der Waals surface area contributed by atoms with Crippen LogP contribution in [0.3, 0.4) is 0 Å². The normalized spacial score (nSPS) is 14.9. The third-order valence-corrected chi connectivity index (χ3v) is 6.38. The van der Waals surface area contributed by atoms with Crippen molar-refractivity contribution in [2.24, 2.45) is 5.92 Å². The second kappa shape index (κ2) is 10.0. The fourth-order valence-corrected chi connectivity index (χ4v) is 4.63. The molecule has 0 fully saturated rings. The number of aliphatic hydroxyl groups is 1. The van der Waals surface area contributed by atoms with E-state index in [2.05, 4.69) is 58.4 Å². The third kappa shape index (κ3) is 5.44. The van der Waals surface area contributed by atoms with Crippen LogP contribution < -0.4 is 5.32 Å². The Bertz CT molecular complexity index is 1320. The largest absolute Gasteiger partial charge is 0.390 e. The van der Waals surface area contributed by atoms with Crippen molar-refractivity contribution in [3.05, 3.63) is 78.0 Å². The number of amides is 1. The summed E-state index contributed by atoms with van der Waals surface area (Å²) in [5, 5.41) is 17.8. The molecule has 0 radical (unpaired) electrons. The van der Waals surface area contributed by atoms with Crippen molar-refractivity contribution in [2.45, 2.75) is 39.5 Å². The van der Waals surface area contributed by atoms with Crippen LogP contribution in [0, 0.1) is 5.92 Å². The van der Waals surface area contributed by atoms with Gasteiger partial charge in [-0.25, -0.2) is 4.98 Å². The summed E-state index contributed by atoms with van der Waals surface area (Å²) in [5.74, 6) is 0.234. The van der Waals surface area contributed by atoms with Gasteiger partial charge in [0.25, 0.3) is 5.91 Å². The van der Waals surface area contributed by atoms with E-state index in [-0.39, 0.29) is 12.5 Å². The summed E-state index contributed by atoms with van der Waals surface area (Å²) in [6, 6.07) is 12.3. The van der Waals surface area contributed by atoms with E-state index in [0.29, 0.717) is 23.8 Å². The SMILES string of the molecule is CC(C)Cn1cc(-c2ccc3nc(C(=O)NC[C@H](O)CN4CCc5ccccc5C4)cn3c2)cn1. The van der Waals surface area contributed by atoms with Crippen LogP contribution in [0.2, 0.25) is 0 Å². The van der Waals surface area contributed by atoms with E-state index < -0.39 is 6.10 Å². The summed E-state index contributed by atoms with van der Waals surface area (Å²) >= 11 is 0. The number of pyridine rings is 1. The van der Waals surface area contributed by atoms with Crippen LogP contribution in [0.5, 0.6) is 0 Å². The highest BCUT2D eigenvalue weighted by Crippen LogP contribution is 2.21. The maximum Gasteiger partial charge on any atom is 0.271 e. The van der Waals surface area contributed by atoms with Crippen LogP contribution in [0.4, 0.5) is 0 Å². The van der Waals surface area contributed by atoms with Gasteiger partial charge in [-0.2, -0.15) is 5.10 Å². The Hall–Kier alpha value is -3.49. The number of nitrogens with zero attached hydrogens (tertiary/aromatic N) is 5. The van der Waals surface area contributed by atoms with E-state index in [1.165, 1.54) is 11.1 Å². The number of carbonyl (C=O) groups excluding carboxylic acids is 1. The summed E-state index contributed by atoms with van der Waals surface area (Å²) < 4.78 is 3.80. The summed E-state index contributed by atoms with van der Waals surface area (Å²) in [5.41, 5.74) is 5.75. The minimum absolute atomic E-state index is 0.186. The Kier molecular flexibility index (Phi) is 6.66. The van der Waals surface area contributed by atoms with Gasteiger partial charge in [0.1, 0.15) is 11.3 Å². The van der Waals surface area contributed by atoms with Crippen LogP contribution >= 0.6 is 0 Å². The lowest BCUT2D eigenvalue weighted by atomic mass is 10.00. The predicted molar refractivity (Wildman–Crippen MR) is 135 cm³/mol. The molecule has 3 aromatic heterocycles. The molecule has 8 heteroatoms.